The van der Waals surface area contributed by atoms with Gasteiger partial charge in [-0.25, -0.2) is 9.71 Å². The molecule has 1 heterocycles. The molecule has 0 saturated heterocycles. The summed E-state index contributed by atoms with van der Waals surface area (Å²) in [5.41, 5.74) is 3.27. The van der Waals surface area contributed by atoms with Crippen molar-refractivity contribution >= 4 is 28.1 Å². The zero-order valence-electron chi connectivity index (χ0n) is 14.2. The van der Waals surface area contributed by atoms with Gasteiger partial charge in [0.2, 0.25) is 5.91 Å². The number of nitrogens with one attached hydrogen (secondary N) is 1. The molecule has 0 saturated carbocycles. The van der Waals surface area contributed by atoms with E-state index in [1.807, 2.05) is 60.7 Å². The summed E-state index contributed by atoms with van der Waals surface area (Å²) in [6.07, 6.45) is 5.25. The van der Waals surface area contributed by atoms with E-state index < -0.39 is 21.8 Å². The van der Waals surface area contributed by atoms with Crippen molar-refractivity contribution in [3.05, 3.63) is 95.2 Å². The van der Waals surface area contributed by atoms with Gasteiger partial charge in [0.15, 0.2) is 5.03 Å². The van der Waals surface area contributed by atoms with Crippen molar-refractivity contribution in [2.75, 3.05) is 0 Å². The van der Waals surface area contributed by atoms with Crippen LogP contribution in [0.15, 0.2) is 78.0 Å². The largest absolute Gasteiger partial charge is 0.281 e. The Morgan fingerprint density at radius 2 is 1.37 bits per heavy atom. The quantitative estimate of drug-likeness (QED) is 0.762. The van der Waals surface area contributed by atoms with Crippen LogP contribution in [0.25, 0.3) is 12.2 Å². The van der Waals surface area contributed by atoms with Crippen LogP contribution in [0.2, 0.25) is 0 Å². The zero-order chi connectivity index (χ0) is 18.9. The maximum absolute atomic E-state index is 13.1. The smallest absolute Gasteiger partial charge is 0.273 e. The first-order valence-electron chi connectivity index (χ1n) is 8.40. The van der Waals surface area contributed by atoms with E-state index >= 15 is 0 Å². The van der Waals surface area contributed by atoms with Gasteiger partial charge in [-0.3, -0.25) is 4.79 Å². The standard InChI is InChI=1S/C21H16N2O3S/c24-21(23-27(25,26)19-11-5-6-14-22-19)20-17-9-3-1-7-15(17)12-13-16-8-2-4-10-18(16)20/h1-14,20H,(H,23,24). The summed E-state index contributed by atoms with van der Waals surface area (Å²) in [5.74, 6) is -1.35. The summed E-state index contributed by atoms with van der Waals surface area (Å²) in [5, 5.41) is -0.188. The second-order valence-corrected chi connectivity index (χ2v) is 7.79. The molecule has 5 nitrogen and oxygen atoms in total. The molecule has 1 aromatic heterocycles. The molecule has 134 valence electrons. The van der Waals surface area contributed by atoms with Crippen molar-refractivity contribution in [1.29, 1.82) is 0 Å². The summed E-state index contributed by atoms with van der Waals surface area (Å²) in [6.45, 7) is 0. The first-order chi connectivity index (χ1) is 13.1. The minimum Gasteiger partial charge on any atom is -0.273 e. The highest BCUT2D eigenvalue weighted by Gasteiger charge is 2.31. The molecule has 0 aliphatic heterocycles. The van der Waals surface area contributed by atoms with Gasteiger partial charge in [0.25, 0.3) is 10.0 Å². The lowest BCUT2D eigenvalue weighted by Crippen LogP contribution is -2.35. The van der Waals surface area contributed by atoms with Gasteiger partial charge in [-0.2, -0.15) is 8.42 Å². The number of nitrogens with zero attached hydrogens (tertiary/aromatic N) is 1. The fourth-order valence-corrected chi connectivity index (χ4v) is 4.18. The highest BCUT2D eigenvalue weighted by atomic mass is 32.2. The molecular formula is C21H16N2O3S. The van der Waals surface area contributed by atoms with Crippen molar-refractivity contribution < 1.29 is 13.2 Å². The lowest BCUT2D eigenvalue weighted by Gasteiger charge is -2.19. The molecule has 27 heavy (non-hydrogen) atoms. The number of rotatable bonds is 3. The Labute approximate surface area is 157 Å². The predicted molar refractivity (Wildman–Crippen MR) is 103 cm³/mol. The van der Waals surface area contributed by atoms with Gasteiger partial charge >= 0.3 is 0 Å². The normalized spacial score (nSPS) is 13.3. The van der Waals surface area contributed by atoms with Crippen molar-refractivity contribution in [2.24, 2.45) is 0 Å². The molecule has 1 aliphatic carbocycles. The van der Waals surface area contributed by atoms with Gasteiger partial charge in [0.05, 0.1) is 5.92 Å². The van der Waals surface area contributed by atoms with Crippen molar-refractivity contribution in [3.8, 4) is 0 Å². The van der Waals surface area contributed by atoms with E-state index in [9.17, 15) is 13.2 Å². The summed E-state index contributed by atoms with van der Waals surface area (Å²) in [6, 6.07) is 19.5. The van der Waals surface area contributed by atoms with Crippen LogP contribution < -0.4 is 4.72 Å². The van der Waals surface area contributed by atoms with Crippen LogP contribution in [-0.2, 0) is 14.8 Å². The Morgan fingerprint density at radius 3 is 1.93 bits per heavy atom. The lowest BCUT2D eigenvalue weighted by atomic mass is 9.87. The molecule has 1 N–H and O–H groups in total. The monoisotopic (exact) mass is 376 g/mol. The van der Waals surface area contributed by atoms with Crippen LogP contribution >= 0.6 is 0 Å². The van der Waals surface area contributed by atoms with Gasteiger partial charge in [-0.15, -0.1) is 0 Å². The summed E-state index contributed by atoms with van der Waals surface area (Å²) < 4.78 is 27.4. The van der Waals surface area contributed by atoms with E-state index in [-0.39, 0.29) is 5.03 Å². The second-order valence-electron chi connectivity index (χ2n) is 6.16. The number of hydrogen-bond donors (Lipinski definition) is 1. The van der Waals surface area contributed by atoms with Gasteiger partial charge in [-0.1, -0.05) is 66.7 Å². The summed E-state index contributed by atoms with van der Waals surface area (Å²) in [4.78, 5) is 17.0. The first-order valence-corrected chi connectivity index (χ1v) is 9.88. The highest BCUT2D eigenvalue weighted by Crippen LogP contribution is 2.34. The van der Waals surface area contributed by atoms with E-state index in [2.05, 4.69) is 9.71 Å². The Hall–Kier alpha value is -3.25. The number of carbonyl (C=O) groups is 1. The average Bonchev–Trinajstić information content (AvgIpc) is 2.85. The van der Waals surface area contributed by atoms with Crippen LogP contribution in [0.3, 0.4) is 0 Å². The Balaban J connectivity index is 1.79. The average molecular weight is 376 g/mol. The minimum absolute atomic E-state index is 0.188. The number of carbonyl (C=O) groups excluding carboxylic acids is 1. The SMILES string of the molecule is O=C(NS(=O)(=O)c1ccccn1)C1c2ccccc2C=Cc2ccccc21. The maximum atomic E-state index is 13.1. The Bertz CT molecular complexity index is 1090. The third kappa shape index (κ3) is 3.27. The van der Waals surface area contributed by atoms with Crippen LogP contribution in [-0.4, -0.2) is 19.3 Å². The van der Waals surface area contributed by atoms with E-state index in [1.54, 1.807) is 12.1 Å². The third-order valence-corrected chi connectivity index (χ3v) is 5.73. The van der Waals surface area contributed by atoms with Gasteiger partial charge in [0, 0.05) is 6.20 Å². The van der Waals surface area contributed by atoms with Crippen LogP contribution in [0, 0.1) is 0 Å². The Kier molecular flexibility index (Phi) is 4.33. The number of amides is 1. The molecule has 4 rings (SSSR count). The minimum atomic E-state index is -4.06. The number of aromatic nitrogens is 1. The number of fused-ring (bicyclic) bond motifs is 2. The van der Waals surface area contributed by atoms with Gasteiger partial charge in [-0.05, 0) is 34.4 Å². The molecule has 0 bridgehead atoms. The van der Waals surface area contributed by atoms with Crippen molar-refractivity contribution in [2.45, 2.75) is 10.9 Å². The van der Waals surface area contributed by atoms with E-state index in [0.29, 0.717) is 0 Å². The van der Waals surface area contributed by atoms with Crippen LogP contribution in [0.4, 0.5) is 0 Å². The Morgan fingerprint density at radius 1 is 0.815 bits per heavy atom. The number of sulfonamides is 1. The third-order valence-electron chi connectivity index (χ3n) is 4.47. The van der Waals surface area contributed by atoms with E-state index in [1.165, 1.54) is 12.3 Å². The molecule has 0 unspecified atom stereocenters. The molecule has 0 radical (unpaired) electrons. The van der Waals surface area contributed by atoms with Crippen LogP contribution in [0.1, 0.15) is 28.2 Å². The highest BCUT2D eigenvalue weighted by molar-refractivity contribution is 7.90. The molecule has 1 aliphatic rings. The zero-order valence-corrected chi connectivity index (χ0v) is 15.1. The molecule has 6 heteroatoms. The van der Waals surface area contributed by atoms with Crippen LogP contribution in [0.5, 0.6) is 0 Å². The number of pyridine rings is 1. The molecule has 0 atom stereocenters. The van der Waals surface area contributed by atoms with E-state index in [0.717, 1.165) is 22.3 Å². The molecular weight excluding hydrogens is 360 g/mol. The lowest BCUT2D eigenvalue weighted by molar-refractivity contribution is -0.119. The molecule has 3 aromatic rings. The second kappa shape index (κ2) is 6.81. The fraction of sp³-hybridized carbons (Fsp3) is 0.0476. The predicted octanol–water partition coefficient (Wildman–Crippen LogP) is 3.20. The first kappa shape index (κ1) is 17.2. The molecule has 1 amide bonds. The molecule has 0 spiro atoms. The maximum Gasteiger partial charge on any atom is 0.281 e. The van der Waals surface area contributed by atoms with E-state index in [4.69, 9.17) is 0 Å². The molecule has 0 fully saturated rings. The molecule has 2 aromatic carbocycles. The van der Waals surface area contributed by atoms with Crippen molar-refractivity contribution in [1.82, 2.24) is 9.71 Å². The topological polar surface area (TPSA) is 76.1 Å². The number of hydrogen-bond acceptors (Lipinski definition) is 4. The van der Waals surface area contributed by atoms with Crippen molar-refractivity contribution in [3.63, 3.8) is 0 Å². The summed E-state index contributed by atoms with van der Waals surface area (Å²) in [7, 11) is -4.06. The fourth-order valence-electron chi connectivity index (χ4n) is 3.23. The van der Waals surface area contributed by atoms with Gasteiger partial charge in [0.1, 0.15) is 0 Å². The number of benzene rings is 2. The van der Waals surface area contributed by atoms with Gasteiger partial charge < -0.3 is 0 Å². The summed E-state index contributed by atoms with van der Waals surface area (Å²) >= 11 is 0.